The van der Waals surface area contributed by atoms with E-state index in [1.807, 2.05) is 6.07 Å². The number of non-ortho nitro benzene ring substituents is 1. The molecule has 4 heteroatoms. The summed E-state index contributed by atoms with van der Waals surface area (Å²) in [5, 5.41) is 18.5. The van der Waals surface area contributed by atoms with Gasteiger partial charge in [0.15, 0.2) is 0 Å². The van der Waals surface area contributed by atoms with E-state index in [1.54, 1.807) is 18.2 Å². The Morgan fingerprint density at radius 3 is 2.46 bits per heavy atom. The molecule has 0 aliphatic carbocycles. The van der Waals surface area contributed by atoms with E-state index in [9.17, 15) is 10.1 Å². The quantitative estimate of drug-likeness (QED) is 0.392. The summed E-state index contributed by atoms with van der Waals surface area (Å²) in [5.41, 5.74) is 0.821. The zero-order chi connectivity index (χ0) is 9.68. The Morgan fingerprint density at radius 1 is 1.38 bits per heavy atom. The fraction of sp³-hybridized carbons (Fsp3) is 0. The van der Waals surface area contributed by atoms with Gasteiger partial charge in [0.05, 0.1) is 11.0 Å². The molecule has 0 saturated heterocycles. The minimum absolute atomic E-state index is 0.0501. The average Bonchev–Trinajstić information content (AvgIpc) is 2.15. The van der Waals surface area contributed by atoms with Gasteiger partial charge in [0.25, 0.3) is 5.69 Å². The van der Waals surface area contributed by atoms with Crippen LogP contribution in [0.3, 0.4) is 0 Å². The zero-order valence-corrected chi connectivity index (χ0v) is 6.68. The molecule has 4 nitrogen and oxygen atoms in total. The lowest BCUT2D eigenvalue weighted by molar-refractivity contribution is -0.384. The molecule has 0 fully saturated rings. The number of nitriles is 1. The van der Waals surface area contributed by atoms with Gasteiger partial charge in [0.2, 0.25) is 0 Å². The Kier molecular flexibility index (Phi) is 2.77. The topological polar surface area (TPSA) is 66.9 Å². The Labute approximate surface area is 74.9 Å². The molecule has 1 aromatic rings. The first-order valence-electron chi connectivity index (χ1n) is 3.54. The Hall–Kier alpha value is -2.15. The number of nitro groups is 1. The molecule has 0 heterocycles. The normalized spacial score (nSPS) is 9.77. The summed E-state index contributed by atoms with van der Waals surface area (Å²) < 4.78 is 0. The molecule has 0 amide bonds. The van der Waals surface area contributed by atoms with E-state index < -0.39 is 4.92 Å². The predicted molar refractivity (Wildman–Crippen MR) is 47.7 cm³/mol. The second-order valence-electron chi connectivity index (χ2n) is 2.31. The number of hydrogen-bond donors (Lipinski definition) is 0. The number of nitrogens with zero attached hydrogens (tertiary/aromatic N) is 2. The molecule has 0 bridgehead atoms. The van der Waals surface area contributed by atoms with Crippen LogP contribution in [0.4, 0.5) is 5.69 Å². The van der Waals surface area contributed by atoms with Crippen LogP contribution in [0.5, 0.6) is 0 Å². The predicted octanol–water partition coefficient (Wildman–Crippen LogP) is 2.13. The number of hydrogen-bond acceptors (Lipinski definition) is 3. The minimum Gasteiger partial charge on any atom is -0.258 e. The SMILES string of the molecule is N#CC=Cc1ccc([N+](=O)[O-])cc1. The standard InChI is InChI=1S/C9H6N2O2/c10-7-1-2-8-3-5-9(6-4-8)11(12)13/h1-6H. The van der Waals surface area contributed by atoms with Crippen molar-refractivity contribution in [2.75, 3.05) is 0 Å². The van der Waals surface area contributed by atoms with Crippen molar-refractivity contribution in [1.82, 2.24) is 0 Å². The van der Waals surface area contributed by atoms with Crippen molar-refractivity contribution in [1.29, 1.82) is 5.26 Å². The zero-order valence-electron chi connectivity index (χ0n) is 6.68. The molecule has 1 aromatic carbocycles. The Morgan fingerprint density at radius 2 is 2.00 bits per heavy atom. The fourth-order valence-electron chi connectivity index (χ4n) is 0.841. The van der Waals surface area contributed by atoms with E-state index >= 15 is 0 Å². The van der Waals surface area contributed by atoms with Crippen molar-refractivity contribution in [3.63, 3.8) is 0 Å². The molecule has 0 unspecified atom stereocenters. The van der Waals surface area contributed by atoms with Crippen molar-refractivity contribution >= 4 is 11.8 Å². The van der Waals surface area contributed by atoms with Gasteiger partial charge in [0, 0.05) is 18.2 Å². The maximum absolute atomic E-state index is 10.3. The van der Waals surface area contributed by atoms with Gasteiger partial charge >= 0.3 is 0 Å². The summed E-state index contributed by atoms with van der Waals surface area (Å²) in [4.78, 5) is 9.80. The lowest BCUT2D eigenvalue weighted by Gasteiger charge is -1.91. The number of nitro benzene ring substituents is 1. The van der Waals surface area contributed by atoms with Crippen LogP contribution in [0.15, 0.2) is 30.3 Å². The first-order chi connectivity index (χ1) is 6.24. The summed E-state index contributed by atoms with van der Waals surface area (Å²) in [6.45, 7) is 0. The van der Waals surface area contributed by atoms with Crippen LogP contribution in [-0.2, 0) is 0 Å². The maximum atomic E-state index is 10.3. The highest BCUT2D eigenvalue weighted by Crippen LogP contribution is 2.12. The lowest BCUT2D eigenvalue weighted by atomic mass is 10.2. The molecule has 0 aliphatic heterocycles. The minimum atomic E-state index is -0.461. The van der Waals surface area contributed by atoms with Crippen LogP contribution in [0.1, 0.15) is 5.56 Å². The van der Waals surface area contributed by atoms with Gasteiger partial charge in [-0.25, -0.2) is 0 Å². The molecule has 0 aliphatic rings. The van der Waals surface area contributed by atoms with E-state index in [0.717, 1.165) is 5.56 Å². The van der Waals surface area contributed by atoms with Crippen LogP contribution >= 0.6 is 0 Å². The monoisotopic (exact) mass is 174 g/mol. The molecule has 0 saturated carbocycles. The van der Waals surface area contributed by atoms with Gasteiger partial charge in [-0.05, 0) is 23.8 Å². The smallest absolute Gasteiger partial charge is 0.258 e. The lowest BCUT2D eigenvalue weighted by Crippen LogP contribution is -1.86. The molecular weight excluding hydrogens is 168 g/mol. The average molecular weight is 174 g/mol. The van der Waals surface area contributed by atoms with E-state index in [2.05, 4.69) is 0 Å². The van der Waals surface area contributed by atoms with Gasteiger partial charge in [-0.15, -0.1) is 0 Å². The van der Waals surface area contributed by atoms with Crippen LogP contribution in [-0.4, -0.2) is 4.92 Å². The van der Waals surface area contributed by atoms with Crippen LogP contribution in [0.2, 0.25) is 0 Å². The molecule has 0 N–H and O–H groups in total. The van der Waals surface area contributed by atoms with Crippen LogP contribution in [0.25, 0.3) is 6.08 Å². The largest absolute Gasteiger partial charge is 0.269 e. The van der Waals surface area contributed by atoms with Gasteiger partial charge in [-0.1, -0.05) is 0 Å². The van der Waals surface area contributed by atoms with Gasteiger partial charge < -0.3 is 0 Å². The van der Waals surface area contributed by atoms with E-state index in [-0.39, 0.29) is 5.69 Å². The molecule has 0 atom stereocenters. The highest BCUT2D eigenvalue weighted by atomic mass is 16.6. The first-order valence-corrected chi connectivity index (χ1v) is 3.54. The highest BCUT2D eigenvalue weighted by Gasteiger charge is 2.01. The van der Waals surface area contributed by atoms with Crippen LogP contribution < -0.4 is 0 Å². The van der Waals surface area contributed by atoms with Crippen molar-refractivity contribution in [3.05, 3.63) is 46.0 Å². The van der Waals surface area contributed by atoms with E-state index in [1.165, 1.54) is 18.2 Å². The van der Waals surface area contributed by atoms with Crippen LogP contribution in [0, 0.1) is 21.4 Å². The molecular formula is C9H6N2O2. The molecule has 0 aromatic heterocycles. The van der Waals surface area contributed by atoms with Crippen molar-refractivity contribution < 1.29 is 4.92 Å². The molecule has 64 valence electrons. The fourth-order valence-corrected chi connectivity index (χ4v) is 0.841. The molecule has 0 spiro atoms. The Balaban J connectivity index is 2.89. The summed E-state index contributed by atoms with van der Waals surface area (Å²) in [7, 11) is 0. The van der Waals surface area contributed by atoms with Gasteiger partial charge in [0.1, 0.15) is 0 Å². The highest BCUT2D eigenvalue weighted by molar-refractivity contribution is 5.53. The van der Waals surface area contributed by atoms with Gasteiger partial charge in [-0.2, -0.15) is 5.26 Å². The van der Waals surface area contributed by atoms with E-state index in [4.69, 9.17) is 5.26 Å². The van der Waals surface area contributed by atoms with Gasteiger partial charge in [-0.3, -0.25) is 10.1 Å². The van der Waals surface area contributed by atoms with E-state index in [0.29, 0.717) is 0 Å². The Bertz CT molecular complexity index is 374. The third-order valence-electron chi connectivity index (χ3n) is 1.45. The number of rotatable bonds is 2. The summed E-state index contributed by atoms with van der Waals surface area (Å²) in [5.74, 6) is 0. The number of allylic oxidation sites excluding steroid dienone is 1. The number of benzene rings is 1. The molecule has 13 heavy (non-hydrogen) atoms. The van der Waals surface area contributed by atoms with Crippen molar-refractivity contribution in [3.8, 4) is 6.07 Å². The second kappa shape index (κ2) is 4.02. The van der Waals surface area contributed by atoms with Crippen molar-refractivity contribution in [2.24, 2.45) is 0 Å². The summed E-state index contributed by atoms with van der Waals surface area (Å²) in [6.07, 6.45) is 2.91. The second-order valence-corrected chi connectivity index (χ2v) is 2.31. The van der Waals surface area contributed by atoms with Crippen molar-refractivity contribution in [2.45, 2.75) is 0 Å². The maximum Gasteiger partial charge on any atom is 0.269 e. The molecule has 0 radical (unpaired) electrons. The first kappa shape index (κ1) is 8.94. The molecule has 1 rings (SSSR count). The third kappa shape index (κ3) is 2.42. The summed E-state index contributed by atoms with van der Waals surface area (Å²) in [6, 6.07) is 7.82. The third-order valence-corrected chi connectivity index (χ3v) is 1.45. The summed E-state index contributed by atoms with van der Waals surface area (Å²) >= 11 is 0.